The molecule has 1 aliphatic carbocycles. The molecule has 3 heterocycles. The molecule has 1 saturated carbocycles. The van der Waals surface area contributed by atoms with Gasteiger partial charge in [0.05, 0.1) is 36.0 Å². The second-order valence-corrected chi connectivity index (χ2v) is 17.3. The molecule has 0 spiro atoms. The van der Waals surface area contributed by atoms with Crippen molar-refractivity contribution in [3.05, 3.63) is 66.9 Å². The van der Waals surface area contributed by atoms with Crippen molar-refractivity contribution in [3.8, 4) is 17.3 Å². The van der Waals surface area contributed by atoms with Crippen molar-refractivity contribution < 1.29 is 14.3 Å². The lowest BCUT2D eigenvalue weighted by Gasteiger charge is -2.22. The summed E-state index contributed by atoms with van der Waals surface area (Å²) >= 11 is 0. The van der Waals surface area contributed by atoms with Crippen LogP contribution >= 0.6 is 0 Å². The van der Waals surface area contributed by atoms with Gasteiger partial charge in [-0.25, -0.2) is 14.8 Å². The Morgan fingerprint density at radius 3 is 2.77 bits per heavy atom. The van der Waals surface area contributed by atoms with E-state index in [0.29, 0.717) is 25.1 Å². The zero-order chi connectivity index (χ0) is 28.1. The van der Waals surface area contributed by atoms with Crippen molar-refractivity contribution in [2.75, 3.05) is 6.61 Å². The normalized spacial score (nSPS) is 18.1. The van der Waals surface area contributed by atoms with Crippen LogP contribution in [0.15, 0.2) is 61.3 Å². The predicted molar refractivity (Wildman–Crippen MR) is 155 cm³/mol. The van der Waals surface area contributed by atoms with Crippen LogP contribution in [0.5, 0.6) is 0 Å². The fourth-order valence-electron chi connectivity index (χ4n) is 5.31. The minimum Gasteiger partial charge on any atom is -0.459 e. The van der Waals surface area contributed by atoms with Crippen LogP contribution in [0.1, 0.15) is 42.1 Å². The topological polar surface area (TPSA) is 108 Å². The minimum atomic E-state index is -1.15. The molecular formula is C30H36N6O3Si. The van der Waals surface area contributed by atoms with Crippen molar-refractivity contribution in [1.29, 1.82) is 5.26 Å². The van der Waals surface area contributed by atoms with Gasteiger partial charge in [-0.15, -0.1) is 0 Å². The molecule has 1 aromatic carbocycles. The van der Waals surface area contributed by atoms with Crippen molar-refractivity contribution in [3.63, 3.8) is 0 Å². The molecule has 0 bridgehead atoms. The van der Waals surface area contributed by atoms with Crippen LogP contribution in [0.3, 0.4) is 0 Å². The summed E-state index contributed by atoms with van der Waals surface area (Å²) in [4.78, 5) is 21.6. The summed E-state index contributed by atoms with van der Waals surface area (Å²) in [7, 11) is -1.15. The van der Waals surface area contributed by atoms with E-state index in [1.54, 1.807) is 24.7 Å². The highest BCUT2D eigenvalue weighted by molar-refractivity contribution is 6.76. The Morgan fingerprint density at radius 1 is 1.18 bits per heavy atom. The highest BCUT2D eigenvalue weighted by atomic mass is 28.3. The maximum absolute atomic E-state index is 12.5. The van der Waals surface area contributed by atoms with E-state index in [-0.39, 0.29) is 24.0 Å². The average molecular weight is 557 g/mol. The van der Waals surface area contributed by atoms with E-state index in [1.807, 2.05) is 45.9 Å². The van der Waals surface area contributed by atoms with Crippen LogP contribution in [-0.4, -0.2) is 51.1 Å². The molecule has 40 heavy (non-hydrogen) atoms. The number of fused-ring (bicyclic) bond motifs is 1. The van der Waals surface area contributed by atoms with Crippen LogP contribution in [0.4, 0.5) is 0 Å². The number of aromatic nitrogens is 5. The Morgan fingerprint density at radius 2 is 2.00 bits per heavy atom. The third kappa shape index (κ3) is 6.49. The summed E-state index contributed by atoms with van der Waals surface area (Å²) in [5.74, 6) is -0.119. The molecule has 0 radical (unpaired) electrons. The molecule has 3 atom stereocenters. The molecule has 0 N–H and O–H groups in total. The molecule has 1 aliphatic rings. The molecule has 0 saturated heterocycles. The van der Waals surface area contributed by atoms with E-state index in [2.05, 4.69) is 40.8 Å². The highest BCUT2D eigenvalue weighted by Gasteiger charge is 2.34. The molecule has 3 aromatic heterocycles. The summed E-state index contributed by atoms with van der Waals surface area (Å²) in [5, 5.41) is 15.2. The molecule has 10 heteroatoms. The van der Waals surface area contributed by atoms with E-state index in [4.69, 9.17) is 9.47 Å². The number of esters is 1. The summed E-state index contributed by atoms with van der Waals surface area (Å²) in [6, 6.07) is 14.4. The van der Waals surface area contributed by atoms with Crippen molar-refractivity contribution >= 4 is 25.1 Å². The van der Waals surface area contributed by atoms with Crippen molar-refractivity contribution in [2.45, 2.75) is 70.2 Å². The van der Waals surface area contributed by atoms with Gasteiger partial charge in [-0.1, -0.05) is 37.8 Å². The van der Waals surface area contributed by atoms with E-state index in [0.717, 1.165) is 47.8 Å². The fourth-order valence-corrected chi connectivity index (χ4v) is 6.07. The van der Waals surface area contributed by atoms with Crippen LogP contribution in [-0.2, 0) is 16.2 Å². The molecule has 208 valence electrons. The number of hydrogen-bond acceptors (Lipinski definition) is 7. The Bertz CT molecular complexity index is 1490. The van der Waals surface area contributed by atoms with Gasteiger partial charge in [-0.05, 0) is 49.4 Å². The zero-order valence-electron chi connectivity index (χ0n) is 23.4. The molecule has 0 aliphatic heterocycles. The summed E-state index contributed by atoms with van der Waals surface area (Å²) < 4.78 is 15.6. The predicted octanol–water partition coefficient (Wildman–Crippen LogP) is 6.09. The largest absolute Gasteiger partial charge is 0.459 e. The maximum atomic E-state index is 12.5. The first kappa shape index (κ1) is 27.7. The SMILES string of the molecule is C[Si](C)(C)CCOCn1ccc2c(-c3cnn(C(CC#N)C4CCC(OC(=O)c5ccccc5)C4)c3)ncnc21. The van der Waals surface area contributed by atoms with Gasteiger partial charge in [0.1, 0.15) is 24.8 Å². The Labute approximate surface area is 235 Å². The van der Waals surface area contributed by atoms with E-state index in [9.17, 15) is 10.1 Å². The average Bonchev–Trinajstić information content (AvgIpc) is 3.70. The van der Waals surface area contributed by atoms with E-state index >= 15 is 0 Å². The third-order valence-electron chi connectivity index (χ3n) is 7.55. The first-order chi connectivity index (χ1) is 19.3. The number of hydrogen-bond donors (Lipinski definition) is 0. The smallest absolute Gasteiger partial charge is 0.338 e. The lowest BCUT2D eigenvalue weighted by Crippen LogP contribution is -2.22. The Balaban J connectivity index is 1.28. The van der Waals surface area contributed by atoms with Crippen LogP contribution < -0.4 is 0 Å². The number of carbonyl (C=O) groups excluding carboxylic acids is 1. The molecule has 0 amide bonds. The first-order valence-corrected chi connectivity index (χ1v) is 17.6. The van der Waals surface area contributed by atoms with Gasteiger partial charge in [-0.3, -0.25) is 4.68 Å². The monoisotopic (exact) mass is 556 g/mol. The second-order valence-electron chi connectivity index (χ2n) is 11.7. The zero-order valence-corrected chi connectivity index (χ0v) is 24.4. The van der Waals surface area contributed by atoms with Gasteiger partial charge >= 0.3 is 5.97 Å². The number of nitrogens with zero attached hydrogens (tertiary/aromatic N) is 6. The fraction of sp³-hybridized carbons (Fsp3) is 0.433. The van der Waals surface area contributed by atoms with E-state index < -0.39 is 8.07 Å². The van der Waals surface area contributed by atoms with Crippen LogP contribution in [0, 0.1) is 17.2 Å². The Kier molecular flexibility index (Phi) is 8.42. The molecule has 5 rings (SSSR count). The third-order valence-corrected chi connectivity index (χ3v) is 9.25. The number of nitriles is 1. The standard InChI is InChI=1S/C30H36N6O3Si/c1-40(2,3)16-15-38-21-35-14-12-26-28(32-20-33-29(26)35)24-18-34-36(19-24)27(11-13-31)23-9-10-25(17-23)39-30(37)22-7-5-4-6-8-22/h4-8,12,14,18-20,23,25,27H,9-11,15-17,21H2,1-3H3. The van der Waals surface area contributed by atoms with Gasteiger partial charge in [0, 0.05) is 38.0 Å². The molecule has 4 aromatic rings. The quantitative estimate of drug-likeness (QED) is 0.125. The summed E-state index contributed by atoms with van der Waals surface area (Å²) in [5.41, 5.74) is 3.05. The maximum Gasteiger partial charge on any atom is 0.338 e. The molecule has 1 fully saturated rings. The summed E-state index contributed by atoms with van der Waals surface area (Å²) in [6.45, 7) is 8.22. The summed E-state index contributed by atoms with van der Waals surface area (Å²) in [6.07, 6.45) is 9.84. The van der Waals surface area contributed by atoms with Gasteiger partial charge < -0.3 is 14.0 Å². The molecule has 3 unspecified atom stereocenters. The highest BCUT2D eigenvalue weighted by Crippen LogP contribution is 2.38. The van der Waals surface area contributed by atoms with Gasteiger partial charge in [0.25, 0.3) is 0 Å². The number of ether oxygens (including phenoxy) is 2. The Hall–Kier alpha value is -3.81. The van der Waals surface area contributed by atoms with Crippen LogP contribution in [0.2, 0.25) is 25.7 Å². The second kappa shape index (κ2) is 12.1. The van der Waals surface area contributed by atoms with Crippen molar-refractivity contribution in [2.24, 2.45) is 5.92 Å². The van der Waals surface area contributed by atoms with Gasteiger partial charge in [0.15, 0.2) is 0 Å². The lowest BCUT2D eigenvalue weighted by atomic mass is 9.96. The molecule has 9 nitrogen and oxygen atoms in total. The number of benzene rings is 1. The van der Waals surface area contributed by atoms with E-state index in [1.165, 1.54) is 0 Å². The number of rotatable bonds is 11. The van der Waals surface area contributed by atoms with Gasteiger partial charge in [0.2, 0.25) is 0 Å². The van der Waals surface area contributed by atoms with Gasteiger partial charge in [-0.2, -0.15) is 10.4 Å². The number of carbonyl (C=O) groups is 1. The lowest BCUT2D eigenvalue weighted by molar-refractivity contribution is 0.0302. The minimum absolute atomic E-state index is 0.110. The first-order valence-electron chi connectivity index (χ1n) is 13.9. The van der Waals surface area contributed by atoms with Crippen LogP contribution in [0.25, 0.3) is 22.3 Å². The van der Waals surface area contributed by atoms with Crippen molar-refractivity contribution in [1.82, 2.24) is 24.3 Å². The molecular weight excluding hydrogens is 520 g/mol.